The first-order chi connectivity index (χ1) is 6.70. The number of aromatic nitrogens is 1. The van der Waals surface area contributed by atoms with Crippen molar-refractivity contribution in [3.8, 4) is 0 Å². The molecule has 0 spiro atoms. The lowest BCUT2D eigenvalue weighted by Crippen LogP contribution is -1.81. The molecule has 0 saturated heterocycles. The lowest BCUT2D eigenvalue weighted by Gasteiger charge is -1.87. The molecule has 1 heterocycles. The van der Waals surface area contributed by atoms with Gasteiger partial charge in [-0.1, -0.05) is 0 Å². The van der Waals surface area contributed by atoms with Gasteiger partial charge in [0, 0.05) is 5.56 Å². The maximum atomic E-state index is 12.2. The number of oxazole rings is 1. The zero-order chi connectivity index (χ0) is 10.1. The number of carbonyl (C=O) groups is 1. The fourth-order valence-corrected chi connectivity index (χ4v) is 1.13. The zero-order valence-electron chi connectivity index (χ0n) is 6.91. The van der Waals surface area contributed by atoms with E-state index in [-0.39, 0.29) is 11.1 Å². The molecule has 0 aliphatic carbocycles. The Morgan fingerprint density at radius 1 is 1.43 bits per heavy atom. The van der Waals surface area contributed by atoms with Crippen LogP contribution in [0.3, 0.4) is 0 Å². The molecule has 0 saturated carbocycles. The topological polar surface area (TPSA) is 43.1 Å². The van der Waals surface area contributed by atoms with Crippen molar-refractivity contribution >= 4 is 17.4 Å². The van der Waals surface area contributed by atoms with Crippen LogP contribution in [0.4, 0.5) is 8.78 Å². The first-order valence-electron chi connectivity index (χ1n) is 3.84. The number of aldehydes is 1. The van der Waals surface area contributed by atoms with Crippen LogP contribution >= 0.6 is 0 Å². The van der Waals surface area contributed by atoms with Crippen LogP contribution in [0, 0.1) is 0 Å². The van der Waals surface area contributed by atoms with Crippen molar-refractivity contribution in [2.75, 3.05) is 0 Å². The summed E-state index contributed by atoms with van der Waals surface area (Å²) in [6, 6.07) is 4.32. The summed E-state index contributed by atoms with van der Waals surface area (Å²) in [5, 5.41) is 0. The number of fused-ring (bicyclic) bond motifs is 1. The molecule has 0 unspecified atom stereocenters. The van der Waals surface area contributed by atoms with Crippen LogP contribution in [-0.4, -0.2) is 11.3 Å². The molecule has 0 bridgehead atoms. The van der Waals surface area contributed by atoms with Crippen LogP contribution in [0.15, 0.2) is 22.6 Å². The highest BCUT2D eigenvalue weighted by molar-refractivity contribution is 5.83. The fraction of sp³-hybridized carbons (Fsp3) is 0.111. The standard InChI is InChI=1S/C9H5F2NO2/c10-8(11)9-12-6-3-5(4-13)1-2-7(6)14-9/h1-4,8H. The molecule has 1 aromatic heterocycles. The van der Waals surface area contributed by atoms with E-state index in [1.165, 1.54) is 18.2 Å². The number of nitrogens with zero attached hydrogens (tertiary/aromatic N) is 1. The van der Waals surface area contributed by atoms with E-state index in [0.717, 1.165) is 0 Å². The molecular weight excluding hydrogens is 192 g/mol. The third-order valence-corrected chi connectivity index (χ3v) is 1.75. The van der Waals surface area contributed by atoms with Gasteiger partial charge in [-0.05, 0) is 18.2 Å². The number of benzene rings is 1. The van der Waals surface area contributed by atoms with Gasteiger partial charge in [0.2, 0.25) is 0 Å². The number of hydrogen-bond acceptors (Lipinski definition) is 3. The molecule has 14 heavy (non-hydrogen) atoms. The normalized spacial score (nSPS) is 11.1. The minimum Gasteiger partial charge on any atom is -0.435 e. The SMILES string of the molecule is O=Cc1ccc2oc(C(F)F)nc2c1. The summed E-state index contributed by atoms with van der Waals surface area (Å²) in [5.41, 5.74) is 0.905. The van der Waals surface area contributed by atoms with Crippen molar-refractivity contribution in [2.24, 2.45) is 0 Å². The Kier molecular flexibility index (Phi) is 1.99. The molecule has 2 rings (SSSR count). The van der Waals surface area contributed by atoms with Crippen LogP contribution in [0.25, 0.3) is 11.1 Å². The Labute approximate surface area is 77.3 Å². The van der Waals surface area contributed by atoms with E-state index < -0.39 is 12.3 Å². The van der Waals surface area contributed by atoms with Crippen LogP contribution < -0.4 is 0 Å². The Morgan fingerprint density at radius 2 is 2.21 bits per heavy atom. The molecule has 72 valence electrons. The molecule has 3 nitrogen and oxygen atoms in total. The minimum atomic E-state index is -2.73. The van der Waals surface area contributed by atoms with E-state index in [9.17, 15) is 13.6 Å². The zero-order valence-corrected chi connectivity index (χ0v) is 6.91. The summed E-state index contributed by atoms with van der Waals surface area (Å²) < 4.78 is 29.1. The lowest BCUT2D eigenvalue weighted by atomic mass is 10.2. The predicted molar refractivity (Wildman–Crippen MR) is 44.4 cm³/mol. The van der Waals surface area contributed by atoms with E-state index >= 15 is 0 Å². The molecule has 2 aromatic rings. The van der Waals surface area contributed by atoms with Crippen molar-refractivity contribution in [1.29, 1.82) is 0 Å². The third kappa shape index (κ3) is 1.37. The van der Waals surface area contributed by atoms with Crippen LogP contribution in [0.5, 0.6) is 0 Å². The molecule has 1 aromatic carbocycles. The molecular formula is C9H5F2NO2. The minimum absolute atomic E-state index is 0.255. The van der Waals surface area contributed by atoms with Crippen LogP contribution in [-0.2, 0) is 0 Å². The Hall–Kier alpha value is -1.78. The van der Waals surface area contributed by atoms with E-state index in [0.29, 0.717) is 11.8 Å². The smallest absolute Gasteiger partial charge is 0.313 e. The summed E-state index contributed by atoms with van der Waals surface area (Å²) in [6.45, 7) is 0. The average Bonchev–Trinajstić information content (AvgIpc) is 2.59. The second-order valence-corrected chi connectivity index (χ2v) is 2.70. The van der Waals surface area contributed by atoms with E-state index in [2.05, 4.69) is 4.98 Å². The number of rotatable bonds is 2. The Bertz CT molecular complexity index is 479. The number of alkyl halides is 2. The van der Waals surface area contributed by atoms with Crippen LogP contribution in [0.1, 0.15) is 22.7 Å². The largest absolute Gasteiger partial charge is 0.435 e. The maximum Gasteiger partial charge on any atom is 0.313 e. The third-order valence-electron chi connectivity index (χ3n) is 1.75. The van der Waals surface area contributed by atoms with Crippen molar-refractivity contribution in [3.05, 3.63) is 29.7 Å². The van der Waals surface area contributed by atoms with Gasteiger partial charge in [0.25, 0.3) is 5.89 Å². The van der Waals surface area contributed by atoms with Gasteiger partial charge in [0.05, 0.1) is 0 Å². The summed E-state index contributed by atoms with van der Waals surface area (Å²) >= 11 is 0. The summed E-state index contributed by atoms with van der Waals surface area (Å²) in [4.78, 5) is 13.9. The van der Waals surface area contributed by atoms with Gasteiger partial charge in [0.15, 0.2) is 5.58 Å². The maximum absolute atomic E-state index is 12.2. The van der Waals surface area contributed by atoms with E-state index in [1.807, 2.05) is 0 Å². The van der Waals surface area contributed by atoms with Crippen molar-refractivity contribution < 1.29 is 18.0 Å². The first kappa shape index (κ1) is 8.80. The highest BCUT2D eigenvalue weighted by atomic mass is 19.3. The van der Waals surface area contributed by atoms with Gasteiger partial charge < -0.3 is 4.42 Å². The van der Waals surface area contributed by atoms with Gasteiger partial charge >= 0.3 is 6.43 Å². The highest BCUT2D eigenvalue weighted by Gasteiger charge is 2.15. The monoisotopic (exact) mass is 197 g/mol. The number of carbonyl (C=O) groups excluding carboxylic acids is 1. The van der Waals surface area contributed by atoms with Gasteiger partial charge in [0.1, 0.15) is 11.8 Å². The first-order valence-corrected chi connectivity index (χ1v) is 3.84. The lowest BCUT2D eigenvalue weighted by molar-refractivity contribution is 0.112. The van der Waals surface area contributed by atoms with E-state index in [1.54, 1.807) is 0 Å². The second kappa shape index (κ2) is 3.17. The Balaban J connectivity index is 2.59. The predicted octanol–water partition coefficient (Wildman–Crippen LogP) is 2.58. The molecule has 0 radical (unpaired) electrons. The van der Waals surface area contributed by atoms with E-state index in [4.69, 9.17) is 4.42 Å². The molecule has 0 N–H and O–H groups in total. The highest BCUT2D eigenvalue weighted by Crippen LogP contribution is 2.23. The molecule has 0 amide bonds. The molecule has 0 fully saturated rings. The van der Waals surface area contributed by atoms with Crippen molar-refractivity contribution in [2.45, 2.75) is 6.43 Å². The van der Waals surface area contributed by atoms with Crippen molar-refractivity contribution in [1.82, 2.24) is 4.98 Å². The van der Waals surface area contributed by atoms with Gasteiger partial charge in [-0.25, -0.2) is 4.98 Å². The van der Waals surface area contributed by atoms with Crippen molar-refractivity contribution in [3.63, 3.8) is 0 Å². The summed E-state index contributed by atoms with van der Waals surface area (Å²) in [7, 11) is 0. The van der Waals surface area contributed by atoms with Gasteiger partial charge in [-0.3, -0.25) is 4.79 Å². The second-order valence-electron chi connectivity index (χ2n) is 2.70. The quantitative estimate of drug-likeness (QED) is 0.695. The van der Waals surface area contributed by atoms with Gasteiger partial charge in [-0.2, -0.15) is 8.78 Å². The van der Waals surface area contributed by atoms with Gasteiger partial charge in [-0.15, -0.1) is 0 Å². The van der Waals surface area contributed by atoms with Crippen LogP contribution in [0.2, 0.25) is 0 Å². The summed E-state index contributed by atoms with van der Waals surface area (Å²) in [6.07, 6.45) is -2.11. The molecule has 5 heteroatoms. The molecule has 0 aliphatic heterocycles. The summed E-state index contributed by atoms with van der Waals surface area (Å²) in [5.74, 6) is -0.622. The number of hydrogen-bond donors (Lipinski definition) is 0. The fourth-order valence-electron chi connectivity index (χ4n) is 1.13. The molecule has 0 aliphatic rings. The number of halogens is 2. The average molecular weight is 197 g/mol. The molecule has 0 atom stereocenters. The Morgan fingerprint density at radius 3 is 2.86 bits per heavy atom.